The van der Waals surface area contributed by atoms with Crippen molar-refractivity contribution in [1.82, 2.24) is 0 Å². The van der Waals surface area contributed by atoms with Crippen molar-refractivity contribution in [2.24, 2.45) is 0 Å². The van der Waals surface area contributed by atoms with Crippen LogP contribution in [0, 0.1) is 0 Å². The summed E-state index contributed by atoms with van der Waals surface area (Å²) in [5.74, 6) is 0.288. The van der Waals surface area contributed by atoms with Gasteiger partial charge in [0.05, 0.1) is 0 Å². The van der Waals surface area contributed by atoms with E-state index in [0.717, 1.165) is 11.1 Å². The topological polar surface area (TPSA) is 26.3 Å². The molecular weight excluding hydrogens is 232 g/mol. The Hall–Kier alpha value is -0.930. The molecule has 0 amide bonds. The Morgan fingerprint density at radius 2 is 1.94 bits per heavy atom. The quantitative estimate of drug-likeness (QED) is 0.807. The third-order valence-electron chi connectivity index (χ3n) is 1.78. The molecule has 0 fully saturated rings. The summed E-state index contributed by atoms with van der Waals surface area (Å²) in [5, 5.41) is 4.04. The van der Waals surface area contributed by atoms with Crippen molar-refractivity contribution in [3.05, 3.63) is 28.5 Å². The molecule has 98 valence electrons. The van der Waals surface area contributed by atoms with Crippen molar-refractivity contribution < 1.29 is 9.53 Å². The second kappa shape index (κ2) is 13.1. The molecule has 0 aliphatic heterocycles. The largest absolute Gasteiger partial charge is 0.388 e. The maximum atomic E-state index is 11.1. The fourth-order valence-corrected chi connectivity index (χ4v) is 1.84. The van der Waals surface area contributed by atoms with E-state index in [-0.39, 0.29) is 5.78 Å². The maximum absolute atomic E-state index is 11.1. The molecule has 0 spiro atoms. The fourth-order valence-electron chi connectivity index (χ4n) is 0.994. The molecule has 0 aliphatic rings. The number of rotatable bonds is 4. The molecule has 0 aromatic carbocycles. The second-order valence-corrected chi connectivity index (χ2v) is 3.78. The first kappa shape index (κ1) is 18.4. The van der Waals surface area contributed by atoms with Crippen LogP contribution < -0.4 is 0 Å². The Kier molecular flexibility index (Phi) is 14.2. The van der Waals surface area contributed by atoms with E-state index in [2.05, 4.69) is 11.3 Å². The Morgan fingerprint density at radius 3 is 2.35 bits per heavy atom. The monoisotopic (exact) mass is 256 g/mol. The molecule has 0 saturated carbocycles. The first-order valence-corrected chi connectivity index (χ1v) is 6.73. The smallest absolute Gasteiger partial charge is 0.137 e. The van der Waals surface area contributed by atoms with E-state index in [1.54, 1.807) is 31.6 Å². The Morgan fingerprint density at radius 1 is 1.41 bits per heavy atom. The summed E-state index contributed by atoms with van der Waals surface area (Å²) in [5.41, 5.74) is 2.21. The average Bonchev–Trinajstić information content (AvgIpc) is 2.79. The lowest BCUT2D eigenvalue weighted by Gasteiger charge is -1.96. The molecule has 17 heavy (non-hydrogen) atoms. The van der Waals surface area contributed by atoms with E-state index in [4.69, 9.17) is 0 Å². The van der Waals surface area contributed by atoms with Crippen LogP contribution in [-0.2, 0) is 16.0 Å². The molecule has 1 rings (SSSR count). The lowest BCUT2D eigenvalue weighted by molar-refractivity contribution is -0.118. The molecule has 0 atom stereocenters. The number of ketones is 1. The van der Waals surface area contributed by atoms with Crippen LogP contribution in [0.25, 0.3) is 6.08 Å². The highest BCUT2D eigenvalue weighted by atomic mass is 32.1. The fraction of sp³-hybridized carbons (Fsp3) is 0.500. The zero-order chi connectivity index (χ0) is 13.7. The summed E-state index contributed by atoms with van der Waals surface area (Å²) >= 11 is 1.62. The van der Waals surface area contributed by atoms with E-state index in [9.17, 15) is 4.79 Å². The molecule has 0 aliphatic carbocycles. The van der Waals surface area contributed by atoms with Gasteiger partial charge in [-0.15, -0.1) is 0 Å². The lowest BCUT2D eigenvalue weighted by atomic mass is 10.1. The summed E-state index contributed by atoms with van der Waals surface area (Å²) < 4.78 is 4.25. The SMILES string of the molecule is C=Cc1cscc1CC(=O)CC.CC.COC. The summed E-state index contributed by atoms with van der Waals surface area (Å²) in [7, 11) is 3.25. The summed E-state index contributed by atoms with van der Waals surface area (Å²) in [6.45, 7) is 9.58. The van der Waals surface area contributed by atoms with Gasteiger partial charge in [0, 0.05) is 27.1 Å². The number of ether oxygens (including phenoxy) is 1. The molecule has 1 heterocycles. The molecule has 0 saturated heterocycles. The summed E-state index contributed by atoms with van der Waals surface area (Å²) in [6, 6.07) is 0. The minimum Gasteiger partial charge on any atom is -0.388 e. The highest BCUT2D eigenvalue weighted by Gasteiger charge is 2.04. The number of carbonyl (C=O) groups is 1. The summed E-state index contributed by atoms with van der Waals surface area (Å²) in [4.78, 5) is 11.1. The first-order chi connectivity index (χ1) is 8.19. The Bertz CT molecular complexity index is 303. The van der Waals surface area contributed by atoms with Crippen molar-refractivity contribution in [2.75, 3.05) is 14.2 Å². The van der Waals surface area contributed by atoms with Gasteiger partial charge in [0.1, 0.15) is 5.78 Å². The predicted octanol–water partition coefficient (Wildman–Crippen LogP) is 4.20. The number of hydrogen-bond donors (Lipinski definition) is 0. The van der Waals surface area contributed by atoms with Crippen LogP contribution >= 0.6 is 11.3 Å². The van der Waals surface area contributed by atoms with Gasteiger partial charge in [0.15, 0.2) is 0 Å². The van der Waals surface area contributed by atoms with E-state index in [1.165, 1.54) is 0 Å². The number of hydrogen-bond acceptors (Lipinski definition) is 3. The normalized spacial score (nSPS) is 8.29. The van der Waals surface area contributed by atoms with Gasteiger partial charge in [0.2, 0.25) is 0 Å². The number of thiophene rings is 1. The number of methoxy groups -OCH3 is 1. The van der Waals surface area contributed by atoms with Gasteiger partial charge < -0.3 is 4.74 Å². The molecule has 0 radical (unpaired) electrons. The predicted molar refractivity (Wildman–Crippen MR) is 77.7 cm³/mol. The average molecular weight is 256 g/mol. The molecular formula is C14H24O2S. The zero-order valence-corrected chi connectivity index (χ0v) is 12.4. The van der Waals surface area contributed by atoms with E-state index >= 15 is 0 Å². The number of Topliss-reactive ketones (excluding diaryl/α,β-unsaturated/α-hetero) is 1. The van der Waals surface area contributed by atoms with Crippen molar-refractivity contribution in [3.63, 3.8) is 0 Å². The van der Waals surface area contributed by atoms with Gasteiger partial charge in [-0.3, -0.25) is 4.79 Å². The standard InChI is InChI=1S/C10H12OS.C2H6O.C2H6/c1-3-8-6-12-7-9(8)5-10(11)4-2;1-3-2;1-2/h3,6-7H,1,4-5H2,2H3;1-2H3;1-2H3. The molecule has 0 N–H and O–H groups in total. The highest BCUT2D eigenvalue weighted by Crippen LogP contribution is 2.17. The highest BCUT2D eigenvalue weighted by molar-refractivity contribution is 7.08. The van der Waals surface area contributed by atoms with Crippen molar-refractivity contribution >= 4 is 23.2 Å². The van der Waals surface area contributed by atoms with Gasteiger partial charge in [-0.05, 0) is 21.9 Å². The van der Waals surface area contributed by atoms with Crippen LogP contribution in [0.2, 0.25) is 0 Å². The molecule has 3 heteroatoms. The van der Waals surface area contributed by atoms with Crippen LogP contribution in [0.1, 0.15) is 38.3 Å². The molecule has 2 nitrogen and oxygen atoms in total. The van der Waals surface area contributed by atoms with Crippen LogP contribution in [0.15, 0.2) is 17.3 Å². The van der Waals surface area contributed by atoms with Crippen LogP contribution in [0.5, 0.6) is 0 Å². The molecule has 1 aromatic heterocycles. The van der Waals surface area contributed by atoms with Gasteiger partial charge in [-0.1, -0.05) is 33.4 Å². The molecule has 0 unspecified atom stereocenters. The number of carbonyl (C=O) groups excluding carboxylic acids is 1. The Labute approximate surface area is 109 Å². The summed E-state index contributed by atoms with van der Waals surface area (Å²) in [6.07, 6.45) is 2.97. The van der Waals surface area contributed by atoms with Crippen molar-refractivity contribution in [2.45, 2.75) is 33.6 Å². The lowest BCUT2D eigenvalue weighted by Crippen LogP contribution is -1.99. The van der Waals surface area contributed by atoms with Gasteiger partial charge in [-0.2, -0.15) is 11.3 Å². The van der Waals surface area contributed by atoms with Gasteiger partial charge in [-0.25, -0.2) is 0 Å². The van der Waals surface area contributed by atoms with Crippen molar-refractivity contribution in [1.29, 1.82) is 0 Å². The van der Waals surface area contributed by atoms with Crippen LogP contribution in [0.4, 0.5) is 0 Å². The van der Waals surface area contributed by atoms with Crippen LogP contribution in [-0.4, -0.2) is 20.0 Å². The van der Waals surface area contributed by atoms with E-state index in [0.29, 0.717) is 12.8 Å². The third kappa shape index (κ3) is 8.83. The molecule has 0 bridgehead atoms. The Balaban J connectivity index is 0. The minimum atomic E-state index is 0.288. The zero-order valence-electron chi connectivity index (χ0n) is 11.6. The maximum Gasteiger partial charge on any atom is 0.137 e. The van der Waals surface area contributed by atoms with Crippen molar-refractivity contribution in [3.8, 4) is 0 Å². The minimum absolute atomic E-state index is 0.288. The van der Waals surface area contributed by atoms with E-state index in [1.807, 2.05) is 31.5 Å². The van der Waals surface area contributed by atoms with Gasteiger partial charge in [0.25, 0.3) is 0 Å². The third-order valence-corrected chi connectivity index (χ3v) is 2.59. The van der Waals surface area contributed by atoms with E-state index < -0.39 is 0 Å². The second-order valence-electron chi connectivity index (χ2n) is 3.03. The van der Waals surface area contributed by atoms with Gasteiger partial charge >= 0.3 is 0 Å². The van der Waals surface area contributed by atoms with Crippen LogP contribution in [0.3, 0.4) is 0 Å². The molecule has 1 aromatic rings. The first-order valence-electron chi connectivity index (χ1n) is 5.78.